The summed E-state index contributed by atoms with van der Waals surface area (Å²) in [4.78, 5) is 0. The average Bonchev–Trinajstić information content (AvgIpc) is 2.07. The standard InChI is InChI=1S/C11H16/c1-2-3-5-8-11-9-6-4-7-10-11/h2,6,9-10H,1,3-5,7-8H2. The lowest BCUT2D eigenvalue weighted by Crippen LogP contribution is -1.84. The molecule has 0 bridgehead atoms. The summed E-state index contributed by atoms with van der Waals surface area (Å²) in [6.07, 6.45) is 14.9. The Morgan fingerprint density at radius 2 is 2.36 bits per heavy atom. The van der Waals surface area contributed by atoms with Crippen molar-refractivity contribution < 1.29 is 0 Å². The van der Waals surface area contributed by atoms with Crippen LogP contribution in [0.5, 0.6) is 0 Å². The van der Waals surface area contributed by atoms with Crippen molar-refractivity contribution >= 4 is 0 Å². The van der Waals surface area contributed by atoms with Gasteiger partial charge in [0.15, 0.2) is 0 Å². The first-order chi connectivity index (χ1) is 5.43. The zero-order chi connectivity index (χ0) is 7.94. The molecule has 0 heteroatoms. The van der Waals surface area contributed by atoms with Crippen LogP contribution in [0.15, 0.2) is 36.5 Å². The van der Waals surface area contributed by atoms with Crippen molar-refractivity contribution in [1.29, 1.82) is 0 Å². The Balaban J connectivity index is 2.20. The quantitative estimate of drug-likeness (QED) is 0.422. The monoisotopic (exact) mass is 148 g/mol. The lowest BCUT2D eigenvalue weighted by molar-refractivity contribution is 0.833. The van der Waals surface area contributed by atoms with Crippen molar-refractivity contribution in [2.24, 2.45) is 0 Å². The van der Waals surface area contributed by atoms with Gasteiger partial charge in [-0.2, -0.15) is 0 Å². The Bertz CT molecular complexity index is 172. The first kappa shape index (κ1) is 8.32. The van der Waals surface area contributed by atoms with Crippen LogP contribution in [0.2, 0.25) is 0 Å². The molecule has 0 radical (unpaired) electrons. The molecule has 0 fully saturated rings. The highest BCUT2D eigenvalue weighted by atomic mass is 14.0. The van der Waals surface area contributed by atoms with Gasteiger partial charge < -0.3 is 0 Å². The van der Waals surface area contributed by atoms with Crippen LogP contribution in [-0.2, 0) is 0 Å². The van der Waals surface area contributed by atoms with E-state index in [1.54, 1.807) is 0 Å². The summed E-state index contributed by atoms with van der Waals surface area (Å²) in [5, 5.41) is 0. The van der Waals surface area contributed by atoms with E-state index in [0.29, 0.717) is 0 Å². The van der Waals surface area contributed by atoms with E-state index in [9.17, 15) is 0 Å². The Morgan fingerprint density at radius 3 is 3.00 bits per heavy atom. The third-order valence-corrected chi connectivity index (χ3v) is 1.95. The van der Waals surface area contributed by atoms with E-state index in [2.05, 4.69) is 24.8 Å². The predicted octanol–water partition coefficient (Wildman–Crippen LogP) is 3.62. The van der Waals surface area contributed by atoms with Gasteiger partial charge in [0.2, 0.25) is 0 Å². The van der Waals surface area contributed by atoms with Crippen molar-refractivity contribution in [3.8, 4) is 0 Å². The maximum Gasteiger partial charge on any atom is -0.0279 e. The van der Waals surface area contributed by atoms with Crippen molar-refractivity contribution in [3.05, 3.63) is 36.5 Å². The number of unbranched alkanes of at least 4 members (excludes halogenated alkanes) is 1. The maximum absolute atomic E-state index is 3.71. The molecule has 0 aliphatic heterocycles. The zero-order valence-electron chi connectivity index (χ0n) is 7.05. The fourth-order valence-electron chi connectivity index (χ4n) is 1.30. The van der Waals surface area contributed by atoms with Crippen molar-refractivity contribution in [2.45, 2.75) is 32.1 Å². The number of rotatable bonds is 4. The van der Waals surface area contributed by atoms with Gasteiger partial charge in [0.1, 0.15) is 0 Å². The van der Waals surface area contributed by atoms with Crippen molar-refractivity contribution in [2.75, 3.05) is 0 Å². The molecule has 1 rings (SSSR count). The molecule has 0 saturated heterocycles. The zero-order valence-corrected chi connectivity index (χ0v) is 7.05. The van der Waals surface area contributed by atoms with Crippen LogP contribution in [0.3, 0.4) is 0 Å². The van der Waals surface area contributed by atoms with Crippen LogP contribution in [0.25, 0.3) is 0 Å². The van der Waals surface area contributed by atoms with Gasteiger partial charge in [0.25, 0.3) is 0 Å². The van der Waals surface area contributed by atoms with Crippen LogP contribution in [-0.4, -0.2) is 0 Å². The van der Waals surface area contributed by atoms with Gasteiger partial charge >= 0.3 is 0 Å². The molecule has 0 atom stereocenters. The molecule has 0 nitrogen and oxygen atoms in total. The largest absolute Gasteiger partial charge is 0.103 e. The van der Waals surface area contributed by atoms with Crippen LogP contribution < -0.4 is 0 Å². The molecular weight excluding hydrogens is 132 g/mol. The minimum Gasteiger partial charge on any atom is -0.103 e. The second-order valence-electron chi connectivity index (χ2n) is 2.94. The average molecular weight is 148 g/mol. The van der Waals surface area contributed by atoms with Gasteiger partial charge in [0.05, 0.1) is 0 Å². The van der Waals surface area contributed by atoms with Gasteiger partial charge in [-0.05, 0) is 32.1 Å². The first-order valence-corrected chi connectivity index (χ1v) is 4.40. The molecule has 60 valence electrons. The Labute approximate surface area is 69.3 Å². The van der Waals surface area contributed by atoms with Gasteiger partial charge in [-0.3, -0.25) is 0 Å². The highest BCUT2D eigenvalue weighted by Gasteiger charge is 1.95. The van der Waals surface area contributed by atoms with E-state index in [4.69, 9.17) is 0 Å². The SMILES string of the molecule is C=CCCCC1=CCCC=C1. The summed E-state index contributed by atoms with van der Waals surface area (Å²) in [5.41, 5.74) is 1.51. The molecule has 0 aromatic heterocycles. The smallest absolute Gasteiger partial charge is 0.0279 e. The molecule has 1 aliphatic carbocycles. The van der Waals surface area contributed by atoms with E-state index >= 15 is 0 Å². The molecule has 0 saturated carbocycles. The van der Waals surface area contributed by atoms with Crippen molar-refractivity contribution in [1.82, 2.24) is 0 Å². The Morgan fingerprint density at radius 1 is 1.45 bits per heavy atom. The fraction of sp³-hybridized carbons (Fsp3) is 0.455. The van der Waals surface area contributed by atoms with Crippen LogP contribution >= 0.6 is 0 Å². The molecule has 1 aliphatic rings. The summed E-state index contributed by atoms with van der Waals surface area (Å²) in [5.74, 6) is 0. The molecule has 11 heavy (non-hydrogen) atoms. The summed E-state index contributed by atoms with van der Waals surface area (Å²) < 4.78 is 0. The minimum atomic E-state index is 1.14. The van der Waals surface area contributed by atoms with Gasteiger partial charge in [-0.15, -0.1) is 6.58 Å². The molecule has 0 amide bonds. The summed E-state index contributed by atoms with van der Waals surface area (Å²) in [6, 6.07) is 0. The van der Waals surface area contributed by atoms with E-state index < -0.39 is 0 Å². The van der Waals surface area contributed by atoms with Crippen molar-refractivity contribution in [3.63, 3.8) is 0 Å². The van der Waals surface area contributed by atoms with Crippen LogP contribution in [0, 0.1) is 0 Å². The summed E-state index contributed by atoms with van der Waals surface area (Å²) in [7, 11) is 0. The first-order valence-electron chi connectivity index (χ1n) is 4.40. The summed E-state index contributed by atoms with van der Waals surface area (Å²) in [6.45, 7) is 3.71. The van der Waals surface area contributed by atoms with Crippen LogP contribution in [0.4, 0.5) is 0 Å². The Hall–Kier alpha value is -0.780. The van der Waals surface area contributed by atoms with Gasteiger partial charge in [-0.25, -0.2) is 0 Å². The minimum absolute atomic E-state index is 1.14. The van der Waals surface area contributed by atoms with Crippen LogP contribution in [0.1, 0.15) is 32.1 Å². The van der Waals surface area contributed by atoms with E-state index in [1.807, 2.05) is 6.08 Å². The second-order valence-corrected chi connectivity index (χ2v) is 2.94. The maximum atomic E-state index is 3.71. The molecule has 0 aromatic carbocycles. The van der Waals surface area contributed by atoms with E-state index in [-0.39, 0.29) is 0 Å². The summed E-state index contributed by atoms with van der Waals surface area (Å²) >= 11 is 0. The van der Waals surface area contributed by atoms with E-state index in [0.717, 1.165) is 6.42 Å². The van der Waals surface area contributed by atoms with E-state index in [1.165, 1.54) is 31.3 Å². The fourth-order valence-corrected chi connectivity index (χ4v) is 1.30. The topological polar surface area (TPSA) is 0 Å². The lowest BCUT2D eigenvalue weighted by atomic mass is 10.0. The normalized spacial score (nSPS) is 16.2. The molecule has 0 unspecified atom stereocenters. The number of allylic oxidation sites excluding steroid dienone is 5. The Kier molecular flexibility index (Phi) is 3.74. The number of hydrogen-bond acceptors (Lipinski definition) is 0. The molecular formula is C11H16. The highest BCUT2D eigenvalue weighted by Crippen LogP contribution is 2.15. The molecule has 0 spiro atoms. The van der Waals surface area contributed by atoms with Gasteiger partial charge in [-0.1, -0.05) is 29.9 Å². The molecule has 0 N–H and O–H groups in total. The van der Waals surface area contributed by atoms with Gasteiger partial charge in [0, 0.05) is 0 Å². The molecule has 0 aromatic rings. The lowest BCUT2D eigenvalue weighted by Gasteiger charge is -2.04. The highest BCUT2D eigenvalue weighted by molar-refractivity contribution is 5.21. The third-order valence-electron chi connectivity index (χ3n) is 1.95. The third kappa shape index (κ3) is 3.22. The predicted molar refractivity (Wildman–Crippen MR) is 50.5 cm³/mol. The molecule has 0 heterocycles. The second kappa shape index (κ2) is 4.95. The number of hydrogen-bond donors (Lipinski definition) is 0.